The molecule has 0 radical (unpaired) electrons. The summed E-state index contributed by atoms with van der Waals surface area (Å²) in [5.74, 6) is -0.136. The van der Waals surface area contributed by atoms with E-state index in [2.05, 4.69) is 5.43 Å². The zero-order valence-electron chi connectivity index (χ0n) is 13.1. The molecule has 1 saturated heterocycles. The SMILES string of the molecule is Cc1ccc(NN2C(=O)/C(=C\C=C/c3ccccc3)SC2=S)cc1. The van der Waals surface area contributed by atoms with Crippen molar-refractivity contribution < 1.29 is 4.79 Å². The maximum atomic E-state index is 12.5. The Morgan fingerprint density at radius 3 is 2.50 bits per heavy atom. The Balaban J connectivity index is 1.70. The smallest absolute Gasteiger partial charge is 0.285 e. The lowest BCUT2D eigenvalue weighted by atomic mass is 10.2. The van der Waals surface area contributed by atoms with Gasteiger partial charge in [-0.3, -0.25) is 10.2 Å². The first-order valence-electron chi connectivity index (χ1n) is 7.46. The number of allylic oxidation sites excluding steroid dienone is 2. The minimum Gasteiger partial charge on any atom is -0.290 e. The van der Waals surface area contributed by atoms with Crippen LogP contribution in [0.2, 0.25) is 0 Å². The number of hydrogen-bond donors (Lipinski definition) is 1. The highest BCUT2D eigenvalue weighted by Crippen LogP contribution is 2.31. The Bertz CT molecular complexity index is 811. The van der Waals surface area contributed by atoms with Crippen molar-refractivity contribution in [3.8, 4) is 0 Å². The van der Waals surface area contributed by atoms with Gasteiger partial charge in [-0.15, -0.1) is 0 Å². The summed E-state index contributed by atoms with van der Waals surface area (Å²) in [5, 5.41) is 1.41. The average Bonchev–Trinajstić information content (AvgIpc) is 2.85. The highest BCUT2D eigenvalue weighted by Gasteiger charge is 2.32. The molecule has 2 aromatic rings. The molecule has 0 saturated carbocycles. The molecule has 0 spiro atoms. The van der Waals surface area contributed by atoms with E-state index in [1.165, 1.54) is 16.8 Å². The third kappa shape index (κ3) is 3.93. The fourth-order valence-corrected chi connectivity index (χ4v) is 3.28. The summed E-state index contributed by atoms with van der Waals surface area (Å²) in [6.45, 7) is 2.02. The number of nitrogens with zero attached hydrogens (tertiary/aromatic N) is 1. The number of benzene rings is 2. The van der Waals surface area contributed by atoms with Crippen LogP contribution in [-0.4, -0.2) is 15.2 Å². The van der Waals surface area contributed by atoms with Gasteiger partial charge in [0, 0.05) is 0 Å². The number of carbonyl (C=O) groups excluding carboxylic acids is 1. The van der Waals surface area contributed by atoms with E-state index in [1.54, 1.807) is 6.08 Å². The quantitative estimate of drug-likeness (QED) is 0.634. The number of anilines is 1. The van der Waals surface area contributed by atoms with Crippen LogP contribution in [0, 0.1) is 6.92 Å². The standard InChI is InChI=1S/C19H16N2OS2/c1-14-10-12-16(13-11-14)20-21-18(22)17(24-19(21)23)9-5-8-15-6-3-2-4-7-15/h2-13,20H,1H3/b8-5-,17-9+. The predicted octanol–water partition coefficient (Wildman–Crippen LogP) is 4.78. The van der Waals surface area contributed by atoms with Gasteiger partial charge in [0.25, 0.3) is 5.91 Å². The first-order valence-corrected chi connectivity index (χ1v) is 8.69. The molecule has 1 N–H and O–H groups in total. The van der Waals surface area contributed by atoms with E-state index in [9.17, 15) is 4.79 Å². The molecule has 0 atom stereocenters. The minimum absolute atomic E-state index is 0.136. The van der Waals surface area contributed by atoms with Crippen LogP contribution in [0.1, 0.15) is 11.1 Å². The van der Waals surface area contributed by atoms with Gasteiger partial charge in [0.2, 0.25) is 0 Å². The number of hydrazine groups is 1. The summed E-state index contributed by atoms with van der Waals surface area (Å²) in [6.07, 6.45) is 5.62. The third-order valence-electron chi connectivity index (χ3n) is 3.42. The molecule has 1 aliphatic rings. The highest BCUT2D eigenvalue weighted by atomic mass is 32.2. The molecule has 0 aliphatic carbocycles. The molecule has 3 rings (SSSR count). The molecule has 0 unspecified atom stereocenters. The molecule has 3 nitrogen and oxygen atoms in total. The van der Waals surface area contributed by atoms with E-state index in [0.717, 1.165) is 16.8 Å². The molecule has 2 aromatic carbocycles. The molecule has 24 heavy (non-hydrogen) atoms. The first kappa shape index (κ1) is 16.5. The molecule has 1 fully saturated rings. The van der Waals surface area contributed by atoms with Crippen LogP contribution in [-0.2, 0) is 4.79 Å². The van der Waals surface area contributed by atoms with Crippen molar-refractivity contribution in [1.29, 1.82) is 0 Å². The molecule has 5 heteroatoms. The number of thioether (sulfide) groups is 1. The fraction of sp³-hybridized carbons (Fsp3) is 0.0526. The van der Waals surface area contributed by atoms with Crippen molar-refractivity contribution in [3.05, 3.63) is 82.8 Å². The lowest BCUT2D eigenvalue weighted by Gasteiger charge is -2.17. The third-order valence-corrected chi connectivity index (χ3v) is 4.74. The van der Waals surface area contributed by atoms with Crippen molar-refractivity contribution in [2.45, 2.75) is 6.92 Å². The van der Waals surface area contributed by atoms with Crippen molar-refractivity contribution in [2.24, 2.45) is 0 Å². The molecule has 120 valence electrons. The summed E-state index contributed by atoms with van der Waals surface area (Å²) >= 11 is 6.60. The summed E-state index contributed by atoms with van der Waals surface area (Å²) in [7, 11) is 0. The molecule has 1 aliphatic heterocycles. The number of amides is 1. The normalized spacial score (nSPS) is 16.4. The van der Waals surface area contributed by atoms with Gasteiger partial charge in [-0.2, -0.15) is 0 Å². The molecule has 1 heterocycles. The number of nitrogens with one attached hydrogen (secondary N) is 1. The Morgan fingerprint density at radius 1 is 1.08 bits per heavy atom. The molecule has 0 aromatic heterocycles. The van der Waals surface area contributed by atoms with Gasteiger partial charge >= 0.3 is 0 Å². The molecular formula is C19H16N2OS2. The van der Waals surface area contributed by atoms with Crippen molar-refractivity contribution in [1.82, 2.24) is 5.01 Å². The van der Waals surface area contributed by atoms with Crippen LogP contribution in [0.3, 0.4) is 0 Å². The van der Waals surface area contributed by atoms with Crippen LogP contribution in [0.15, 0.2) is 71.7 Å². The van der Waals surface area contributed by atoms with E-state index >= 15 is 0 Å². The maximum Gasteiger partial charge on any atom is 0.285 e. The largest absolute Gasteiger partial charge is 0.290 e. The number of thiocarbonyl (C=S) groups is 1. The van der Waals surface area contributed by atoms with Gasteiger partial charge < -0.3 is 0 Å². The number of hydrogen-bond acceptors (Lipinski definition) is 4. The van der Waals surface area contributed by atoms with Gasteiger partial charge in [-0.05, 0) is 42.9 Å². The van der Waals surface area contributed by atoms with E-state index < -0.39 is 0 Å². The zero-order valence-corrected chi connectivity index (χ0v) is 14.7. The summed E-state index contributed by atoms with van der Waals surface area (Å²) in [6, 6.07) is 17.8. The van der Waals surface area contributed by atoms with Crippen LogP contribution in [0.5, 0.6) is 0 Å². The summed E-state index contributed by atoms with van der Waals surface area (Å²) < 4.78 is 0.500. The van der Waals surface area contributed by atoms with Gasteiger partial charge in [0.05, 0.1) is 10.6 Å². The Kier molecular flexibility index (Phi) is 5.13. The molecule has 1 amide bonds. The Hall–Kier alpha value is -2.37. The monoisotopic (exact) mass is 352 g/mol. The second kappa shape index (κ2) is 7.47. The van der Waals surface area contributed by atoms with Gasteiger partial charge in [0.1, 0.15) is 0 Å². The van der Waals surface area contributed by atoms with Crippen LogP contribution in [0.4, 0.5) is 5.69 Å². The number of aryl methyl sites for hydroxylation is 1. The molecular weight excluding hydrogens is 336 g/mol. The fourth-order valence-electron chi connectivity index (χ4n) is 2.15. The zero-order chi connectivity index (χ0) is 16.9. The number of rotatable bonds is 4. The average molecular weight is 352 g/mol. The second-order valence-corrected chi connectivity index (χ2v) is 6.96. The van der Waals surface area contributed by atoms with Crippen molar-refractivity contribution in [3.63, 3.8) is 0 Å². The lowest BCUT2D eigenvalue weighted by Crippen LogP contribution is -2.33. The summed E-state index contributed by atoms with van der Waals surface area (Å²) in [5.41, 5.74) is 6.14. The highest BCUT2D eigenvalue weighted by molar-refractivity contribution is 8.26. The van der Waals surface area contributed by atoms with Gasteiger partial charge in [-0.25, -0.2) is 5.01 Å². The molecule has 0 bridgehead atoms. The topological polar surface area (TPSA) is 32.3 Å². The predicted molar refractivity (Wildman–Crippen MR) is 105 cm³/mol. The van der Waals surface area contributed by atoms with Gasteiger partial charge in [-0.1, -0.05) is 71.9 Å². The second-order valence-electron chi connectivity index (χ2n) is 5.29. The minimum atomic E-state index is -0.136. The lowest BCUT2D eigenvalue weighted by molar-refractivity contribution is -0.121. The Labute approximate surface area is 151 Å². The van der Waals surface area contributed by atoms with E-state index in [-0.39, 0.29) is 5.91 Å². The van der Waals surface area contributed by atoms with E-state index in [4.69, 9.17) is 12.2 Å². The van der Waals surface area contributed by atoms with Crippen molar-refractivity contribution >= 4 is 46.0 Å². The van der Waals surface area contributed by atoms with Crippen LogP contribution >= 0.6 is 24.0 Å². The van der Waals surface area contributed by atoms with E-state index in [0.29, 0.717) is 9.23 Å². The van der Waals surface area contributed by atoms with E-state index in [1.807, 2.05) is 73.7 Å². The van der Waals surface area contributed by atoms with Crippen molar-refractivity contribution in [2.75, 3.05) is 5.43 Å². The number of carbonyl (C=O) groups is 1. The Morgan fingerprint density at radius 2 is 1.79 bits per heavy atom. The first-order chi connectivity index (χ1) is 11.6. The van der Waals surface area contributed by atoms with Crippen LogP contribution in [0.25, 0.3) is 6.08 Å². The van der Waals surface area contributed by atoms with Crippen LogP contribution < -0.4 is 5.43 Å². The van der Waals surface area contributed by atoms with Gasteiger partial charge in [0.15, 0.2) is 4.32 Å². The summed E-state index contributed by atoms with van der Waals surface area (Å²) in [4.78, 5) is 13.1. The maximum absolute atomic E-state index is 12.5.